The number of ether oxygens (including phenoxy) is 1. The minimum atomic E-state index is -0.455. The molecule has 0 aliphatic carbocycles. The number of benzene rings is 1. The van der Waals surface area contributed by atoms with E-state index in [1.54, 1.807) is 10.6 Å². The van der Waals surface area contributed by atoms with Crippen molar-refractivity contribution in [3.8, 4) is 5.75 Å². The normalized spacial score (nSPS) is 11.0. The molecule has 0 amide bonds. The zero-order valence-corrected chi connectivity index (χ0v) is 11.8. The molecule has 6 heteroatoms. The lowest BCUT2D eigenvalue weighted by Crippen LogP contribution is -2.06. The van der Waals surface area contributed by atoms with E-state index in [2.05, 4.69) is 9.97 Å². The van der Waals surface area contributed by atoms with Crippen molar-refractivity contribution < 1.29 is 9.13 Å². The highest BCUT2D eigenvalue weighted by molar-refractivity contribution is 5.80. The molecule has 0 aliphatic heterocycles. The number of methoxy groups -OCH3 is 1. The molecule has 3 rings (SSSR count). The second-order valence-corrected chi connectivity index (χ2v) is 4.80. The van der Waals surface area contributed by atoms with Gasteiger partial charge in [0, 0.05) is 17.8 Å². The first-order valence-corrected chi connectivity index (χ1v) is 6.50. The number of aromatic nitrogens is 3. The average molecular weight is 286 g/mol. The molecule has 0 unspecified atom stereocenters. The van der Waals surface area contributed by atoms with Gasteiger partial charge in [-0.3, -0.25) is 4.98 Å². The quantitative estimate of drug-likeness (QED) is 0.803. The maximum atomic E-state index is 13.7. The van der Waals surface area contributed by atoms with Crippen molar-refractivity contribution >= 4 is 17.0 Å². The fourth-order valence-corrected chi connectivity index (χ4v) is 2.32. The van der Waals surface area contributed by atoms with E-state index in [-0.39, 0.29) is 5.75 Å². The number of pyridine rings is 1. The summed E-state index contributed by atoms with van der Waals surface area (Å²) in [6.07, 6.45) is 0. The summed E-state index contributed by atoms with van der Waals surface area (Å²) >= 11 is 0. The van der Waals surface area contributed by atoms with Crippen LogP contribution in [-0.4, -0.2) is 21.6 Å². The van der Waals surface area contributed by atoms with Crippen molar-refractivity contribution in [1.29, 1.82) is 0 Å². The number of hydrogen-bond acceptors (Lipinski definition) is 4. The van der Waals surface area contributed by atoms with Crippen LogP contribution in [0.5, 0.6) is 5.75 Å². The molecular formula is C15H15FN4O. The van der Waals surface area contributed by atoms with Crippen molar-refractivity contribution in [3.05, 3.63) is 47.5 Å². The summed E-state index contributed by atoms with van der Waals surface area (Å²) in [6.45, 7) is 2.40. The molecule has 0 bridgehead atoms. The maximum Gasteiger partial charge on any atom is 0.201 e. The van der Waals surface area contributed by atoms with Gasteiger partial charge in [-0.15, -0.1) is 0 Å². The largest absolute Gasteiger partial charge is 0.494 e. The van der Waals surface area contributed by atoms with Gasteiger partial charge in [0.2, 0.25) is 5.95 Å². The summed E-state index contributed by atoms with van der Waals surface area (Å²) in [5.74, 6) is 0.0325. The van der Waals surface area contributed by atoms with Crippen molar-refractivity contribution in [1.82, 2.24) is 14.5 Å². The Balaban J connectivity index is 2.11. The lowest BCUT2D eigenvalue weighted by molar-refractivity contribution is 0.387. The van der Waals surface area contributed by atoms with E-state index in [0.717, 1.165) is 11.4 Å². The highest BCUT2D eigenvalue weighted by atomic mass is 19.1. The Morgan fingerprint density at radius 2 is 2.10 bits per heavy atom. The van der Waals surface area contributed by atoms with Crippen molar-refractivity contribution in [3.63, 3.8) is 0 Å². The number of nitrogens with zero attached hydrogens (tertiary/aromatic N) is 3. The Morgan fingerprint density at radius 3 is 2.81 bits per heavy atom. The van der Waals surface area contributed by atoms with E-state index in [9.17, 15) is 4.39 Å². The van der Waals surface area contributed by atoms with Gasteiger partial charge in [0.15, 0.2) is 11.6 Å². The van der Waals surface area contributed by atoms with Crippen LogP contribution in [0, 0.1) is 12.7 Å². The molecule has 0 aliphatic rings. The second kappa shape index (κ2) is 5.05. The lowest BCUT2D eigenvalue weighted by atomic mass is 10.2. The first-order chi connectivity index (χ1) is 10.1. The van der Waals surface area contributed by atoms with Gasteiger partial charge < -0.3 is 15.0 Å². The summed E-state index contributed by atoms with van der Waals surface area (Å²) in [7, 11) is 1.43. The SMILES string of the molecule is COc1cc2c(cc1F)nc(N)n2Cc1cccc(C)n1. The molecule has 2 N–H and O–H groups in total. The number of rotatable bonds is 3. The first kappa shape index (κ1) is 13.4. The number of fused-ring (bicyclic) bond motifs is 1. The van der Waals surface area contributed by atoms with Gasteiger partial charge in [-0.2, -0.15) is 0 Å². The van der Waals surface area contributed by atoms with E-state index in [1.807, 2.05) is 25.1 Å². The Kier molecular flexibility index (Phi) is 3.21. The van der Waals surface area contributed by atoms with Crippen LogP contribution in [-0.2, 0) is 6.54 Å². The van der Waals surface area contributed by atoms with E-state index in [1.165, 1.54) is 13.2 Å². The van der Waals surface area contributed by atoms with Gasteiger partial charge in [-0.05, 0) is 19.1 Å². The molecule has 0 saturated carbocycles. The molecule has 108 valence electrons. The highest BCUT2D eigenvalue weighted by Crippen LogP contribution is 2.26. The van der Waals surface area contributed by atoms with Gasteiger partial charge >= 0.3 is 0 Å². The predicted molar refractivity (Wildman–Crippen MR) is 78.7 cm³/mol. The number of halogens is 1. The van der Waals surface area contributed by atoms with Gasteiger partial charge in [-0.25, -0.2) is 9.37 Å². The third-order valence-corrected chi connectivity index (χ3v) is 3.32. The van der Waals surface area contributed by atoms with Gasteiger partial charge in [0.25, 0.3) is 0 Å². The summed E-state index contributed by atoms with van der Waals surface area (Å²) < 4.78 is 20.5. The topological polar surface area (TPSA) is 66.0 Å². The zero-order valence-electron chi connectivity index (χ0n) is 11.8. The monoisotopic (exact) mass is 286 g/mol. The van der Waals surface area contributed by atoms with Gasteiger partial charge in [0.05, 0.1) is 30.4 Å². The van der Waals surface area contributed by atoms with Crippen LogP contribution in [0.1, 0.15) is 11.4 Å². The minimum Gasteiger partial charge on any atom is -0.494 e. The van der Waals surface area contributed by atoms with Crippen LogP contribution >= 0.6 is 0 Å². The Morgan fingerprint density at radius 1 is 1.29 bits per heavy atom. The second-order valence-electron chi connectivity index (χ2n) is 4.80. The molecule has 0 fully saturated rings. The molecule has 0 atom stereocenters. The molecule has 2 aromatic heterocycles. The minimum absolute atomic E-state index is 0.167. The zero-order chi connectivity index (χ0) is 15.0. The molecule has 0 spiro atoms. The molecule has 5 nitrogen and oxygen atoms in total. The van der Waals surface area contributed by atoms with E-state index in [4.69, 9.17) is 10.5 Å². The fraction of sp³-hybridized carbons (Fsp3) is 0.200. The molecule has 0 radical (unpaired) electrons. The van der Waals surface area contributed by atoms with Crippen molar-refractivity contribution in [2.75, 3.05) is 12.8 Å². The van der Waals surface area contributed by atoms with Crippen LogP contribution in [0.2, 0.25) is 0 Å². The van der Waals surface area contributed by atoms with Crippen molar-refractivity contribution in [2.24, 2.45) is 0 Å². The Hall–Kier alpha value is -2.63. The summed E-state index contributed by atoms with van der Waals surface area (Å²) in [5.41, 5.74) is 8.95. The van der Waals surface area contributed by atoms with Crippen molar-refractivity contribution in [2.45, 2.75) is 13.5 Å². The average Bonchev–Trinajstić information content (AvgIpc) is 2.73. The van der Waals surface area contributed by atoms with E-state index in [0.29, 0.717) is 23.5 Å². The standard InChI is InChI=1S/C15H15FN4O/c1-9-4-3-5-10(18-9)8-20-13-7-14(21-2)11(16)6-12(13)19-15(20)17/h3-7H,8H2,1-2H3,(H2,17,19). The number of anilines is 1. The molecule has 2 heterocycles. The predicted octanol–water partition coefficient (Wildman–Crippen LogP) is 2.52. The number of nitrogen functional groups attached to an aromatic ring is 1. The molecule has 0 saturated heterocycles. The highest BCUT2D eigenvalue weighted by Gasteiger charge is 2.13. The smallest absolute Gasteiger partial charge is 0.201 e. The third kappa shape index (κ3) is 2.40. The molecule has 1 aromatic carbocycles. The number of hydrogen-bond donors (Lipinski definition) is 1. The van der Waals surface area contributed by atoms with Gasteiger partial charge in [-0.1, -0.05) is 6.07 Å². The van der Waals surface area contributed by atoms with Crippen LogP contribution < -0.4 is 10.5 Å². The molecule has 3 aromatic rings. The maximum absolute atomic E-state index is 13.7. The van der Waals surface area contributed by atoms with E-state index < -0.39 is 5.82 Å². The van der Waals surface area contributed by atoms with Crippen LogP contribution in [0.25, 0.3) is 11.0 Å². The molecular weight excluding hydrogens is 271 g/mol. The Labute approximate surface area is 121 Å². The summed E-state index contributed by atoms with van der Waals surface area (Å²) in [5, 5.41) is 0. The van der Waals surface area contributed by atoms with E-state index >= 15 is 0 Å². The lowest BCUT2D eigenvalue weighted by Gasteiger charge is -2.08. The first-order valence-electron chi connectivity index (χ1n) is 6.50. The number of nitrogens with two attached hydrogens (primary N) is 1. The van der Waals surface area contributed by atoms with Crippen LogP contribution in [0.15, 0.2) is 30.3 Å². The summed E-state index contributed by atoms with van der Waals surface area (Å²) in [6, 6.07) is 8.71. The van der Waals surface area contributed by atoms with Crippen LogP contribution in [0.4, 0.5) is 10.3 Å². The Bertz CT molecular complexity index is 813. The third-order valence-electron chi connectivity index (χ3n) is 3.32. The fourth-order valence-electron chi connectivity index (χ4n) is 2.32. The summed E-state index contributed by atoms with van der Waals surface area (Å²) in [4.78, 5) is 8.63. The molecule has 21 heavy (non-hydrogen) atoms. The van der Waals surface area contributed by atoms with Gasteiger partial charge in [0.1, 0.15) is 0 Å². The number of imidazole rings is 1. The van der Waals surface area contributed by atoms with Crippen LogP contribution in [0.3, 0.4) is 0 Å². The number of aryl methyl sites for hydroxylation is 1.